The van der Waals surface area contributed by atoms with Crippen molar-refractivity contribution in [3.63, 3.8) is 0 Å². The van der Waals surface area contributed by atoms with Crippen molar-refractivity contribution in [2.75, 3.05) is 0 Å². The molecule has 1 heteroatoms. The number of hydrogen-bond donors (Lipinski definition) is 1. The van der Waals surface area contributed by atoms with Crippen molar-refractivity contribution in [3.8, 4) is 0 Å². The van der Waals surface area contributed by atoms with E-state index in [-0.39, 0.29) is 0 Å². The fourth-order valence-electron chi connectivity index (χ4n) is 1.79. The highest BCUT2D eigenvalue weighted by molar-refractivity contribution is 4.75. The van der Waals surface area contributed by atoms with Crippen LogP contribution in [0, 0.1) is 17.8 Å². The maximum atomic E-state index is 9.77. The zero-order valence-corrected chi connectivity index (χ0v) is 10.1. The van der Waals surface area contributed by atoms with Crippen molar-refractivity contribution < 1.29 is 5.11 Å². The van der Waals surface area contributed by atoms with Crippen LogP contribution in [0.1, 0.15) is 54.4 Å². The summed E-state index contributed by atoms with van der Waals surface area (Å²) in [7, 11) is 0. The Kier molecular flexibility index (Phi) is 4.98. The highest BCUT2D eigenvalue weighted by atomic mass is 16.3. The third kappa shape index (κ3) is 6.09. The van der Waals surface area contributed by atoms with Gasteiger partial charge >= 0.3 is 0 Å². The predicted molar refractivity (Wildman–Crippen MR) is 58.7 cm³/mol. The lowest BCUT2D eigenvalue weighted by molar-refractivity contribution is 0.0142. The average molecular weight is 186 g/mol. The van der Waals surface area contributed by atoms with Crippen LogP contribution < -0.4 is 0 Å². The lowest BCUT2D eigenvalue weighted by atomic mass is 9.82. The summed E-state index contributed by atoms with van der Waals surface area (Å²) in [6.45, 7) is 12.7. The average Bonchev–Trinajstić information content (AvgIpc) is 1.82. The molecule has 0 aromatic heterocycles. The minimum absolute atomic E-state index is 0.390. The van der Waals surface area contributed by atoms with E-state index in [4.69, 9.17) is 0 Å². The molecule has 1 N–H and O–H groups in total. The van der Waals surface area contributed by atoms with Gasteiger partial charge in [-0.3, -0.25) is 0 Å². The zero-order chi connectivity index (χ0) is 10.6. The van der Waals surface area contributed by atoms with Crippen molar-refractivity contribution in [1.82, 2.24) is 0 Å². The first-order valence-corrected chi connectivity index (χ1v) is 5.45. The van der Waals surface area contributed by atoms with Gasteiger partial charge in [-0.05, 0) is 44.4 Å². The van der Waals surface area contributed by atoms with Crippen molar-refractivity contribution in [1.29, 1.82) is 0 Å². The van der Waals surface area contributed by atoms with Crippen molar-refractivity contribution >= 4 is 0 Å². The summed E-state index contributed by atoms with van der Waals surface area (Å²) in [5, 5.41) is 9.77. The molecule has 0 unspecified atom stereocenters. The van der Waals surface area contributed by atoms with Gasteiger partial charge in [-0.2, -0.15) is 0 Å². The second kappa shape index (κ2) is 4.99. The smallest absolute Gasteiger partial charge is 0.0617 e. The highest BCUT2D eigenvalue weighted by Gasteiger charge is 2.23. The second-order valence-corrected chi connectivity index (χ2v) is 5.53. The molecule has 2 atom stereocenters. The van der Waals surface area contributed by atoms with Gasteiger partial charge in [0.25, 0.3) is 0 Å². The van der Waals surface area contributed by atoms with Crippen LogP contribution in [0.2, 0.25) is 0 Å². The maximum absolute atomic E-state index is 9.77. The summed E-state index contributed by atoms with van der Waals surface area (Å²) in [5.74, 6) is 1.88. The van der Waals surface area contributed by atoms with Gasteiger partial charge in [0.2, 0.25) is 0 Å². The van der Waals surface area contributed by atoms with Crippen LogP contribution in [0.4, 0.5) is 0 Å². The second-order valence-electron chi connectivity index (χ2n) is 5.53. The van der Waals surface area contributed by atoms with E-state index in [1.54, 1.807) is 0 Å². The molecule has 13 heavy (non-hydrogen) atoms. The Morgan fingerprint density at radius 1 is 1.00 bits per heavy atom. The van der Waals surface area contributed by atoms with Gasteiger partial charge in [0.15, 0.2) is 0 Å². The fourth-order valence-corrected chi connectivity index (χ4v) is 1.79. The highest BCUT2D eigenvalue weighted by Crippen LogP contribution is 2.26. The summed E-state index contributed by atoms with van der Waals surface area (Å²) < 4.78 is 0. The van der Waals surface area contributed by atoms with Crippen LogP contribution >= 0.6 is 0 Å². The number of rotatable bonds is 5. The summed E-state index contributed by atoms with van der Waals surface area (Å²) in [4.78, 5) is 0. The van der Waals surface area contributed by atoms with Crippen LogP contribution in [0.25, 0.3) is 0 Å². The summed E-state index contributed by atoms with van der Waals surface area (Å²) in [5.41, 5.74) is -0.523. The van der Waals surface area contributed by atoms with Crippen LogP contribution in [0.15, 0.2) is 0 Å². The molecule has 0 radical (unpaired) electrons. The molecular weight excluding hydrogens is 160 g/mol. The van der Waals surface area contributed by atoms with Crippen molar-refractivity contribution in [2.24, 2.45) is 17.8 Å². The summed E-state index contributed by atoms with van der Waals surface area (Å²) in [6, 6.07) is 0. The van der Waals surface area contributed by atoms with Gasteiger partial charge in [-0.25, -0.2) is 0 Å². The molecule has 1 nitrogen and oxygen atoms in total. The first-order chi connectivity index (χ1) is 5.73. The van der Waals surface area contributed by atoms with E-state index in [1.807, 2.05) is 13.8 Å². The third-order valence-corrected chi connectivity index (χ3v) is 2.84. The molecule has 0 saturated heterocycles. The molecular formula is C12H26O. The Balaban J connectivity index is 3.85. The fraction of sp³-hybridized carbons (Fsp3) is 1.00. The van der Waals surface area contributed by atoms with Gasteiger partial charge in [0.1, 0.15) is 0 Å². The van der Waals surface area contributed by atoms with Crippen LogP contribution in [0.3, 0.4) is 0 Å². The van der Waals surface area contributed by atoms with Gasteiger partial charge < -0.3 is 5.11 Å². The minimum atomic E-state index is -0.523. The van der Waals surface area contributed by atoms with E-state index >= 15 is 0 Å². The van der Waals surface area contributed by atoms with E-state index < -0.39 is 5.60 Å². The van der Waals surface area contributed by atoms with E-state index in [2.05, 4.69) is 27.7 Å². The van der Waals surface area contributed by atoms with Gasteiger partial charge in [0.05, 0.1) is 5.60 Å². The molecule has 0 spiro atoms. The van der Waals surface area contributed by atoms with Crippen LogP contribution in [-0.2, 0) is 0 Å². The third-order valence-electron chi connectivity index (χ3n) is 2.84. The number of hydrogen-bond acceptors (Lipinski definition) is 1. The molecule has 0 fully saturated rings. The molecule has 0 rings (SSSR count). The Hall–Kier alpha value is -0.0400. The Bertz CT molecular complexity index is 133. The quantitative estimate of drug-likeness (QED) is 0.697. The monoisotopic (exact) mass is 186 g/mol. The first kappa shape index (κ1) is 13.0. The molecule has 0 aliphatic carbocycles. The molecule has 0 saturated carbocycles. The van der Waals surface area contributed by atoms with Gasteiger partial charge in [0, 0.05) is 0 Å². The molecule has 0 aromatic rings. The van der Waals surface area contributed by atoms with Crippen LogP contribution in [-0.4, -0.2) is 10.7 Å². The minimum Gasteiger partial charge on any atom is -0.390 e. The standard InChI is InChI=1S/C12H26O/c1-9(2)7-10(3)8-11(4)12(5,6)13/h9-11,13H,7-8H2,1-6H3/t10-,11-/m1/s1. The molecule has 0 bridgehead atoms. The SMILES string of the molecule is CC(C)C[C@@H](C)C[C@@H](C)C(C)(C)O. The normalized spacial score (nSPS) is 17.5. The molecule has 0 amide bonds. The lowest BCUT2D eigenvalue weighted by Crippen LogP contribution is -2.30. The Morgan fingerprint density at radius 3 is 1.77 bits per heavy atom. The maximum Gasteiger partial charge on any atom is 0.0617 e. The topological polar surface area (TPSA) is 20.2 Å². The Morgan fingerprint density at radius 2 is 1.46 bits per heavy atom. The number of aliphatic hydroxyl groups is 1. The first-order valence-electron chi connectivity index (χ1n) is 5.45. The molecule has 80 valence electrons. The van der Waals surface area contributed by atoms with Gasteiger partial charge in [-0.15, -0.1) is 0 Å². The molecule has 0 aliphatic heterocycles. The largest absolute Gasteiger partial charge is 0.390 e. The Labute approximate surface area is 83.5 Å². The molecule has 0 aliphatic rings. The van der Waals surface area contributed by atoms with E-state index in [1.165, 1.54) is 6.42 Å². The van der Waals surface area contributed by atoms with Crippen molar-refractivity contribution in [2.45, 2.75) is 60.0 Å². The van der Waals surface area contributed by atoms with E-state index in [0.717, 1.165) is 18.3 Å². The van der Waals surface area contributed by atoms with Gasteiger partial charge in [-0.1, -0.05) is 27.7 Å². The van der Waals surface area contributed by atoms with Crippen LogP contribution in [0.5, 0.6) is 0 Å². The predicted octanol–water partition coefficient (Wildman–Crippen LogP) is 3.47. The van der Waals surface area contributed by atoms with E-state index in [0.29, 0.717) is 5.92 Å². The summed E-state index contributed by atoms with van der Waals surface area (Å²) >= 11 is 0. The van der Waals surface area contributed by atoms with Crippen molar-refractivity contribution in [3.05, 3.63) is 0 Å². The summed E-state index contributed by atoms with van der Waals surface area (Å²) in [6.07, 6.45) is 2.39. The van der Waals surface area contributed by atoms with E-state index in [9.17, 15) is 5.11 Å². The molecule has 0 heterocycles. The lowest BCUT2D eigenvalue weighted by Gasteiger charge is -2.28. The zero-order valence-electron chi connectivity index (χ0n) is 10.1. The molecule has 0 aromatic carbocycles.